The Balaban J connectivity index is 1.36. The number of carbonyl (C=O) groups excluding carboxylic acids is 2. The maximum Gasteiger partial charge on any atom is 0.290 e. The average molecular weight is 405 g/mol. The number of carbonyl (C=O) groups is 2. The number of hydrogen-bond acceptors (Lipinski definition) is 5. The van der Waals surface area contributed by atoms with Crippen molar-refractivity contribution in [1.29, 1.82) is 0 Å². The fourth-order valence-electron chi connectivity index (χ4n) is 3.52. The molecule has 8 heteroatoms. The summed E-state index contributed by atoms with van der Waals surface area (Å²) in [5.74, 6) is -0.0429. The zero-order valence-corrected chi connectivity index (χ0v) is 16.6. The van der Waals surface area contributed by atoms with Crippen LogP contribution >= 0.6 is 0 Å². The third-order valence-electron chi connectivity index (χ3n) is 5.00. The summed E-state index contributed by atoms with van der Waals surface area (Å²) in [5.41, 5.74) is 8.96. The van der Waals surface area contributed by atoms with E-state index in [0.717, 1.165) is 47.6 Å². The SMILES string of the molecule is COc1ccc(NCC(=O)NNC(=O)c2nn(-c3ccccc3)c3c2CCC3)cc1. The predicted molar refractivity (Wildman–Crippen MR) is 113 cm³/mol. The number of hydrazine groups is 1. The highest BCUT2D eigenvalue weighted by molar-refractivity contribution is 5.95. The van der Waals surface area contributed by atoms with Crippen molar-refractivity contribution in [3.8, 4) is 11.4 Å². The van der Waals surface area contributed by atoms with E-state index < -0.39 is 5.91 Å². The Kier molecular flexibility index (Phi) is 5.65. The normalized spacial score (nSPS) is 12.2. The third kappa shape index (κ3) is 4.12. The number of methoxy groups -OCH3 is 1. The Morgan fingerprint density at radius 3 is 2.53 bits per heavy atom. The lowest BCUT2D eigenvalue weighted by atomic mass is 10.2. The van der Waals surface area contributed by atoms with E-state index in [1.165, 1.54) is 0 Å². The summed E-state index contributed by atoms with van der Waals surface area (Å²) in [6.45, 7) is 0.0170. The summed E-state index contributed by atoms with van der Waals surface area (Å²) in [6.07, 6.45) is 2.67. The van der Waals surface area contributed by atoms with Crippen LogP contribution in [0.1, 0.15) is 28.2 Å². The van der Waals surface area contributed by atoms with Crippen molar-refractivity contribution in [2.24, 2.45) is 0 Å². The highest BCUT2D eigenvalue weighted by Gasteiger charge is 2.27. The van der Waals surface area contributed by atoms with Gasteiger partial charge in [-0.3, -0.25) is 20.4 Å². The van der Waals surface area contributed by atoms with Crippen LogP contribution in [0.25, 0.3) is 5.69 Å². The largest absolute Gasteiger partial charge is 0.497 e. The van der Waals surface area contributed by atoms with Gasteiger partial charge in [0.15, 0.2) is 5.69 Å². The van der Waals surface area contributed by atoms with Crippen LogP contribution in [-0.4, -0.2) is 35.2 Å². The first kappa shape index (κ1) is 19.5. The summed E-state index contributed by atoms with van der Waals surface area (Å²) >= 11 is 0. The standard InChI is InChI=1S/C22H23N5O3/c1-30-17-12-10-15(11-13-17)23-14-20(28)24-25-22(29)21-18-8-5-9-19(18)27(26-21)16-6-3-2-4-7-16/h2-4,6-7,10-13,23H,5,8-9,14H2,1H3,(H,24,28)(H,25,29). The van der Waals surface area contributed by atoms with Gasteiger partial charge in [0.1, 0.15) is 5.75 Å². The molecule has 3 aromatic rings. The highest BCUT2D eigenvalue weighted by atomic mass is 16.5. The van der Waals surface area contributed by atoms with Gasteiger partial charge in [0.25, 0.3) is 11.8 Å². The molecule has 0 aliphatic heterocycles. The van der Waals surface area contributed by atoms with E-state index in [-0.39, 0.29) is 12.5 Å². The first-order chi connectivity index (χ1) is 14.7. The van der Waals surface area contributed by atoms with E-state index in [1.807, 2.05) is 47.1 Å². The number of para-hydroxylation sites is 1. The maximum absolute atomic E-state index is 12.7. The molecular weight excluding hydrogens is 382 g/mol. The first-order valence-electron chi connectivity index (χ1n) is 9.79. The minimum atomic E-state index is -0.416. The zero-order chi connectivity index (χ0) is 20.9. The van der Waals surface area contributed by atoms with Crippen molar-refractivity contribution in [1.82, 2.24) is 20.6 Å². The number of benzene rings is 2. The Morgan fingerprint density at radius 1 is 1.03 bits per heavy atom. The minimum Gasteiger partial charge on any atom is -0.497 e. The number of aromatic nitrogens is 2. The Bertz CT molecular complexity index is 1040. The Morgan fingerprint density at radius 2 is 1.80 bits per heavy atom. The van der Waals surface area contributed by atoms with Gasteiger partial charge in [-0.05, 0) is 55.7 Å². The second-order valence-corrected chi connectivity index (χ2v) is 6.96. The number of rotatable bonds is 6. The molecule has 0 bridgehead atoms. The van der Waals surface area contributed by atoms with E-state index >= 15 is 0 Å². The van der Waals surface area contributed by atoms with E-state index in [2.05, 4.69) is 21.3 Å². The van der Waals surface area contributed by atoms with Crippen LogP contribution in [0.3, 0.4) is 0 Å². The fourth-order valence-corrected chi connectivity index (χ4v) is 3.52. The van der Waals surface area contributed by atoms with Crippen molar-refractivity contribution >= 4 is 17.5 Å². The summed E-state index contributed by atoms with van der Waals surface area (Å²) < 4.78 is 6.92. The van der Waals surface area contributed by atoms with E-state index in [4.69, 9.17) is 4.74 Å². The van der Waals surface area contributed by atoms with Gasteiger partial charge >= 0.3 is 0 Å². The molecule has 1 aliphatic rings. The Labute approximate surface area is 174 Å². The lowest BCUT2D eigenvalue weighted by molar-refractivity contribution is -0.120. The topological polar surface area (TPSA) is 97.3 Å². The molecule has 0 saturated heterocycles. The molecule has 2 amide bonds. The van der Waals surface area contributed by atoms with Gasteiger partial charge in [-0.2, -0.15) is 5.10 Å². The quantitative estimate of drug-likeness (QED) is 0.547. The van der Waals surface area contributed by atoms with Crippen LogP contribution in [0.2, 0.25) is 0 Å². The van der Waals surface area contributed by atoms with Crippen LogP contribution in [0, 0.1) is 0 Å². The molecule has 8 nitrogen and oxygen atoms in total. The molecule has 30 heavy (non-hydrogen) atoms. The molecule has 0 unspecified atom stereocenters. The van der Waals surface area contributed by atoms with E-state index in [1.54, 1.807) is 19.2 Å². The van der Waals surface area contributed by atoms with Crippen LogP contribution in [0.15, 0.2) is 54.6 Å². The van der Waals surface area contributed by atoms with Crippen LogP contribution in [0.5, 0.6) is 5.75 Å². The molecule has 1 aromatic heterocycles. The van der Waals surface area contributed by atoms with Crippen molar-refractivity contribution in [2.45, 2.75) is 19.3 Å². The van der Waals surface area contributed by atoms with Crippen molar-refractivity contribution in [2.75, 3.05) is 19.0 Å². The summed E-state index contributed by atoms with van der Waals surface area (Å²) in [4.78, 5) is 24.8. The van der Waals surface area contributed by atoms with E-state index in [0.29, 0.717) is 5.69 Å². The monoisotopic (exact) mass is 405 g/mol. The van der Waals surface area contributed by atoms with Crippen molar-refractivity contribution < 1.29 is 14.3 Å². The molecule has 0 fully saturated rings. The van der Waals surface area contributed by atoms with Crippen LogP contribution < -0.4 is 20.9 Å². The number of ether oxygens (including phenoxy) is 1. The maximum atomic E-state index is 12.7. The van der Waals surface area contributed by atoms with Gasteiger partial charge in [0.2, 0.25) is 0 Å². The highest BCUT2D eigenvalue weighted by Crippen LogP contribution is 2.27. The third-order valence-corrected chi connectivity index (χ3v) is 5.00. The van der Waals surface area contributed by atoms with E-state index in [9.17, 15) is 9.59 Å². The molecule has 1 heterocycles. The van der Waals surface area contributed by atoms with Crippen LogP contribution in [0.4, 0.5) is 5.69 Å². The minimum absolute atomic E-state index is 0.0170. The van der Waals surface area contributed by atoms with Crippen LogP contribution in [-0.2, 0) is 17.6 Å². The van der Waals surface area contributed by atoms with Gasteiger partial charge in [-0.15, -0.1) is 0 Å². The lowest BCUT2D eigenvalue weighted by Crippen LogP contribution is -2.44. The van der Waals surface area contributed by atoms with Gasteiger partial charge < -0.3 is 10.1 Å². The number of hydrogen-bond donors (Lipinski definition) is 3. The molecule has 0 saturated carbocycles. The molecule has 0 radical (unpaired) electrons. The molecule has 154 valence electrons. The average Bonchev–Trinajstić information content (AvgIpc) is 3.40. The molecule has 3 N–H and O–H groups in total. The number of anilines is 1. The molecule has 0 spiro atoms. The van der Waals surface area contributed by atoms with Crippen molar-refractivity contribution in [3.63, 3.8) is 0 Å². The summed E-state index contributed by atoms with van der Waals surface area (Å²) in [6, 6.07) is 16.9. The number of nitrogens with one attached hydrogen (secondary N) is 3. The molecular formula is C22H23N5O3. The second kappa shape index (κ2) is 8.69. The van der Waals surface area contributed by atoms with Crippen molar-refractivity contribution in [3.05, 3.63) is 71.5 Å². The number of fused-ring (bicyclic) bond motifs is 1. The number of amides is 2. The zero-order valence-electron chi connectivity index (χ0n) is 16.6. The van der Waals surface area contributed by atoms with Gasteiger partial charge in [-0.1, -0.05) is 18.2 Å². The molecule has 2 aromatic carbocycles. The summed E-state index contributed by atoms with van der Waals surface area (Å²) in [5, 5.41) is 7.50. The first-order valence-corrected chi connectivity index (χ1v) is 9.79. The summed E-state index contributed by atoms with van der Waals surface area (Å²) in [7, 11) is 1.59. The Hall–Kier alpha value is -3.81. The second-order valence-electron chi connectivity index (χ2n) is 6.96. The molecule has 4 rings (SSSR count). The number of nitrogens with zero attached hydrogens (tertiary/aromatic N) is 2. The molecule has 1 aliphatic carbocycles. The van der Waals surface area contributed by atoms with Gasteiger partial charge in [-0.25, -0.2) is 4.68 Å². The van der Waals surface area contributed by atoms with Gasteiger partial charge in [0, 0.05) is 16.9 Å². The smallest absolute Gasteiger partial charge is 0.290 e. The molecule has 0 atom stereocenters. The lowest BCUT2D eigenvalue weighted by Gasteiger charge is -2.09. The van der Waals surface area contributed by atoms with Gasteiger partial charge in [0.05, 0.1) is 19.3 Å². The predicted octanol–water partition coefficient (Wildman–Crippen LogP) is 2.24. The fraction of sp³-hybridized carbons (Fsp3) is 0.227.